The maximum atomic E-state index is 13.4. The van der Waals surface area contributed by atoms with Gasteiger partial charge >= 0.3 is 5.97 Å². The Labute approximate surface area is 206 Å². The number of hydrogen-bond acceptors (Lipinski definition) is 8. The van der Waals surface area contributed by atoms with Crippen molar-refractivity contribution in [2.75, 3.05) is 18.0 Å². The molecule has 1 aliphatic rings. The largest absolute Gasteiger partial charge is 0.478 e. The number of Topliss-reactive ketones (excluding diaryl/α,β-unsaturated/α-hetero) is 1. The number of carbonyl (C=O) groups is 2. The number of ketones is 1. The zero-order chi connectivity index (χ0) is 25.5. The van der Waals surface area contributed by atoms with Gasteiger partial charge in [-0.25, -0.2) is 9.78 Å². The van der Waals surface area contributed by atoms with Crippen LogP contribution in [0.5, 0.6) is 0 Å². The molecule has 35 heavy (non-hydrogen) atoms. The monoisotopic (exact) mass is 493 g/mol. The summed E-state index contributed by atoms with van der Waals surface area (Å²) in [5.74, 6) is -0.439. The van der Waals surface area contributed by atoms with Crippen LogP contribution in [0, 0.1) is 11.3 Å². The molecule has 0 aliphatic carbocycles. The predicted octanol–water partition coefficient (Wildman–Crippen LogP) is 3.16. The molecule has 1 aromatic carbocycles. The fourth-order valence-corrected chi connectivity index (χ4v) is 4.77. The maximum absolute atomic E-state index is 13.4. The third-order valence-electron chi connectivity index (χ3n) is 5.48. The van der Waals surface area contributed by atoms with Gasteiger partial charge in [0.25, 0.3) is 5.56 Å². The summed E-state index contributed by atoms with van der Waals surface area (Å²) >= 11 is 1.17. The van der Waals surface area contributed by atoms with Gasteiger partial charge in [-0.3, -0.25) is 14.2 Å². The molecule has 0 bridgehead atoms. The molecule has 1 atom stereocenters. The molecule has 4 rings (SSSR count). The van der Waals surface area contributed by atoms with E-state index < -0.39 is 5.97 Å². The van der Waals surface area contributed by atoms with Crippen LogP contribution in [-0.4, -0.2) is 45.5 Å². The molecule has 10 heteroatoms. The van der Waals surface area contributed by atoms with Gasteiger partial charge in [0, 0.05) is 25.2 Å². The molecule has 3 heterocycles. The molecule has 0 spiro atoms. The Kier molecular flexibility index (Phi) is 8.52. The molecule has 0 saturated carbocycles. The number of benzene rings is 1. The summed E-state index contributed by atoms with van der Waals surface area (Å²) in [6, 6.07) is 11.1. The fraction of sp³-hybridized carbons (Fsp3) is 0.320. The van der Waals surface area contributed by atoms with Crippen LogP contribution in [0.1, 0.15) is 47.5 Å². The second-order valence-electron chi connectivity index (χ2n) is 8.14. The van der Waals surface area contributed by atoms with Crippen molar-refractivity contribution in [1.82, 2.24) is 9.55 Å². The SMILES string of the molecule is C/C=C\C(=O)O.CC(=O)c1cc2nc(N3CCC[C@@H](N)C3)n(Cc3ccccc3C#N)c(=O)c2s1. The minimum absolute atomic E-state index is 0.0199. The van der Waals surface area contributed by atoms with Crippen LogP contribution in [0.25, 0.3) is 10.2 Å². The lowest BCUT2D eigenvalue weighted by molar-refractivity contribution is -0.131. The van der Waals surface area contributed by atoms with Crippen molar-refractivity contribution in [2.24, 2.45) is 5.73 Å². The van der Waals surface area contributed by atoms with Gasteiger partial charge < -0.3 is 15.7 Å². The van der Waals surface area contributed by atoms with Crippen LogP contribution in [0.4, 0.5) is 5.95 Å². The number of piperidine rings is 1. The van der Waals surface area contributed by atoms with E-state index in [1.54, 1.807) is 29.7 Å². The van der Waals surface area contributed by atoms with Crippen molar-refractivity contribution in [3.05, 3.63) is 68.8 Å². The molecule has 9 nitrogen and oxygen atoms in total. The zero-order valence-electron chi connectivity index (χ0n) is 19.6. The molecular formula is C25H27N5O4S. The van der Waals surface area contributed by atoms with E-state index in [0.717, 1.165) is 31.0 Å². The number of nitrogens with zero attached hydrogens (tertiary/aromatic N) is 4. The highest BCUT2D eigenvalue weighted by molar-refractivity contribution is 7.20. The molecule has 0 amide bonds. The molecule has 3 N–H and O–H groups in total. The number of allylic oxidation sites excluding steroid dienone is 1. The Morgan fingerprint density at radius 1 is 1.37 bits per heavy atom. The van der Waals surface area contributed by atoms with E-state index in [2.05, 4.69) is 6.07 Å². The van der Waals surface area contributed by atoms with Crippen molar-refractivity contribution < 1.29 is 14.7 Å². The van der Waals surface area contributed by atoms with Crippen molar-refractivity contribution >= 4 is 39.3 Å². The van der Waals surface area contributed by atoms with Gasteiger partial charge in [0.05, 0.1) is 28.6 Å². The standard InChI is InChI=1S/C21H21N5O2S.C4H6O2/c1-13(27)18-9-17-19(29-18)20(28)26(11-15-6-3-2-5-14(15)10-22)21(24-17)25-8-4-7-16(23)12-25;1-2-3-4(5)6/h2-3,5-6,9,16H,4,7-8,11-12,23H2,1H3;2-3H,1H3,(H,5,6)/b;3-2-/t16-;/m1./s1. The Morgan fingerprint density at radius 3 is 2.71 bits per heavy atom. The highest BCUT2D eigenvalue weighted by atomic mass is 32.1. The van der Waals surface area contributed by atoms with Gasteiger partial charge in [-0.1, -0.05) is 24.3 Å². The summed E-state index contributed by atoms with van der Waals surface area (Å²) in [4.78, 5) is 42.0. The second kappa shape index (κ2) is 11.6. The first-order chi connectivity index (χ1) is 16.7. The smallest absolute Gasteiger partial charge is 0.327 e. The molecule has 1 fully saturated rings. The first-order valence-corrected chi connectivity index (χ1v) is 12.0. The summed E-state index contributed by atoms with van der Waals surface area (Å²) in [6.07, 6.45) is 4.42. The van der Waals surface area contributed by atoms with Crippen LogP contribution in [0.15, 0.2) is 47.3 Å². The van der Waals surface area contributed by atoms with Gasteiger partial charge in [-0.15, -0.1) is 11.3 Å². The lowest BCUT2D eigenvalue weighted by atomic mass is 10.1. The molecule has 1 saturated heterocycles. The third-order valence-corrected chi connectivity index (χ3v) is 6.69. The number of aliphatic carboxylic acids is 1. The van der Waals surface area contributed by atoms with E-state index in [1.807, 2.05) is 17.0 Å². The van der Waals surface area contributed by atoms with E-state index in [4.69, 9.17) is 15.8 Å². The van der Waals surface area contributed by atoms with Gasteiger partial charge in [-0.05, 0) is 44.4 Å². The average molecular weight is 494 g/mol. The molecule has 182 valence electrons. The van der Waals surface area contributed by atoms with Crippen molar-refractivity contribution in [3.8, 4) is 6.07 Å². The van der Waals surface area contributed by atoms with Gasteiger partial charge in [-0.2, -0.15) is 5.26 Å². The van der Waals surface area contributed by atoms with Gasteiger partial charge in [0.15, 0.2) is 5.78 Å². The highest BCUT2D eigenvalue weighted by Gasteiger charge is 2.24. The van der Waals surface area contributed by atoms with E-state index in [0.29, 0.717) is 33.2 Å². The van der Waals surface area contributed by atoms with E-state index in [1.165, 1.54) is 24.3 Å². The molecule has 3 aromatic rings. The number of nitrogens with two attached hydrogens (primary N) is 1. The van der Waals surface area contributed by atoms with Crippen LogP contribution in [0.3, 0.4) is 0 Å². The number of anilines is 1. The number of hydrogen-bond donors (Lipinski definition) is 2. The Balaban J connectivity index is 0.000000509. The summed E-state index contributed by atoms with van der Waals surface area (Å²) in [5.41, 5.74) is 7.77. The molecule has 2 aromatic heterocycles. The summed E-state index contributed by atoms with van der Waals surface area (Å²) < 4.78 is 2.06. The summed E-state index contributed by atoms with van der Waals surface area (Å²) in [6.45, 7) is 4.75. The number of carboxylic acid groups (broad SMARTS) is 1. The number of aromatic nitrogens is 2. The van der Waals surface area contributed by atoms with Crippen LogP contribution < -0.4 is 16.2 Å². The minimum Gasteiger partial charge on any atom is -0.478 e. The van der Waals surface area contributed by atoms with E-state index in [9.17, 15) is 19.6 Å². The van der Waals surface area contributed by atoms with Crippen LogP contribution in [-0.2, 0) is 11.3 Å². The van der Waals surface area contributed by atoms with Crippen molar-refractivity contribution in [1.29, 1.82) is 5.26 Å². The van der Waals surface area contributed by atoms with Crippen molar-refractivity contribution in [2.45, 2.75) is 39.3 Å². The van der Waals surface area contributed by atoms with Crippen LogP contribution >= 0.6 is 11.3 Å². The molecular weight excluding hydrogens is 466 g/mol. The highest BCUT2D eigenvalue weighted by Crippen LogP contribution is 2.26. The van der Waals surface area contributed by atoms with Gasteiger partial charge in [0.2, 0.25) is 5.95 Å². The van der Waals surface area contributed by atoms with E-state index >= 15 is 0 Å². The average Bonchev–Trinajstić information content (AvgIpc) is 3.26. The Hall–Kier alpha value is -3.81. The zero-order valence-corrected chi connectivity index (χ0v) is 20.4. The number of carboxylic acids is 1. The molecule has 0 radical (unpaired) electrons. The first-order valence-electron chi connectivity index (χ1n) is 11.1. The van der Waals surface area contributed by atoms with Gasteiger partial charge in [0.1, 0.15) is 4.70 Å². The number of carbonyl (C=O) groups excluding carboxylic acids is 1. The quantitative estimate of drug-likeness (QED) is 0.408. The minimum atomic E-state index is -0.891. The summed E-state index contributed by atoms with van der Waals surface area (Å²) in [7, 11) is 0. The molecule has 1 aliphatic heterocycles. The lowest BCUT2D eigenvalue weighted by Gasteiger charge is -2.33. The lowest BCUT2D eigenvalue weighted by Crippen LogP contribution is -2.45. The van der Waals surface area contributed by atoms with E-state index in [-0.39, 0.29) is 23.9 Å². The Morgan fingerprint density at radius 2 is 2.11 bits per heavy atom. The van der Waals surface area contributed by atoms with Crippen LogP contribution in [0.2, 0.25) is 0 Å². The molecule has 0 unspecified atom stereocenters. The normalized spacial score (nSPS) is 15.5. The second-order valence-corrected chi connectivity index (χ2v) is 9.19. The number of rotatable bonds is 5. The third kappa shape index (κ3) is 6.20. The predicted molar refractivity (Wildman–Crippen MR) is 136 cm³/mol. The number of fused-ring (bicyclic) bond motifs is 1. The number of nitriles is 1. The Bertz CT molecular complexity index is 1370. The maximum Gasteiger partial charge on any atom is 0.327 e. The number of thiophene rings is 1. The fourth-order valence-electron chi connectivity index (χ4n) is 3.83. The topological polar surface area (TPSA) is 142 Å². The summed E-state index contributed by atoms with van der Waals surface area (Å²) in [5, 5.41) is 17.3. The first kappa shape index (κ1) is 25.8. The van der Waals surface area contributed by atoms with Crippen molar-refractivity contribution in [3.63, 3.8) is 0 Å².